The van der Waals surface area contributed by atoms with Crippen LogP contribution in [0, 0.1) is 6.92 Å². The predicted octanol–water partition coefficient (Wildman–Crippen LogP) is 2.82. The fourth-order valence-electron chi connectivity index (χ4n) is 2.52. The van der Waals surface area contributed by atoms with Gasteiger partial charge in [-0.1, -0.05) is 30.3 Å². The number of nitrogens with zero attached hydrogens (tertiary/aromatic N) is 1. The number of benzene rings is 1. The number of nitrogens with one attached hydrogen (secondary N) is 1. The molecule has 1 atom stereocenters. The molecule has 1 heterocycles. The summed E-state index contributed by atoms with van der Waals surface area (Å²) in [5.41, 5.74) is 5.36. The third kappa shape index (κ3) is 2.29. The third-order valence-electron chi connectivity index (χ3n) is 3.63. The third-order valence-corrected chi connectivity index (χ3v) is 3.63. The van der Waals surface area contributed by atoms with Gasteiger partial charge in [0.15, 0.2) is 0 Å². The molecular formula is C16H18N2. The first-order chi connectivity index (χ1) is 8.83. The molecule has 2 nitrogen and oxygen atoms in total. The predicted molar refractivity (Wildman–Crippen MR) is 73.6 cm³/mol. The van der Waals surface area contributed by atoms with Gasteiger partial charge in [-0.05, 0) is 36.1 Å². The van der Waals surface area contributed by atoms with Crippen molar-refractivity contribution in [2.24, 2.45) is 0 Å². The molecule has 0 spiro atoms. The Kier molecular flexibility index (Phi) is 3.11. The molecule has 2 heteroatoms. The Hall–Kier alpha value is -1.67. The van der Waals surface area contributed by atoms with Gasteiger partial charge in [-0.15, -0.1) is 0 Å². The van der Waals surface area contributed by atoms with Crippen LogP contribution in [0.4, 0.5) is 0 Å². The van der Waals surface area contributed by atoms with Crippen LogP contribution in [0.2, 0.25) is 0 Å². The topological polar surface area (TPSA) is 24.9 Å². The van der Waals surface area contributed by atoms with Crippen LogP contribution in [0.3, 0.4) is 0 Å². The average Bonchev–Trinajstić information content (AvgIpc) is 2.37. The summed E-state index contributed by atoms with van der Waals surface area (Å²) in [5, 5.41) is 3.50. The minimum absolute atomic E-state index is 0.687. The summed E-state index contributed by atoms with van der Waals surface area (Å²) in [6, 6.07) is 12.9. The summed E-state index contributed by atoms with van der Waals surface area (Å²) < 4.78 is 0. The van der Waals surface area contributed by atoms with Crippen LogP contribution in [-0.2, 0) is 13.0 Å². The number of hydrogen-bond acceptors (Lipinski definition) is 2. The highest BCUT2D eigenvalue weighted by Gasteiger charge is 2.24. The van der Waals surface area contributed by atoms with Crippen LogP contribution in [0.1, 0.15) is 28.3 Å². The van der Waals surface area contributed by atoms with Gasteiger partial charge in [-0.25, -0.2) is 0 Å². The van der Waals surface area contributed by atoms with E-state index < -0.39 is 0 Å². The second-order valence-electron chi connectivity index (χ2n) is 5.06. The Balaban J connectivity index is 1.51. The molecule has 1 aromatic heterocycles. The van der Waals surface area contributed by atoms with Crippen LogP contribution >= 0.6 is 0 Å². The van der Waals surface area contributed by atoms with Gasteiger partial charge in [0, 0.05) is 25.2 Å². The van der Waals surface area contributed by atoms with E-state index in [1.165, 1.54) is 23.1 Å². The second kappa shape index (κ2) is 4.91. The van der Waals surface area contributed by atoms with Crippen LogP contribution in [-0.4, -0.2) is 11.5 Å². The first-order valence-electron chi connectivity index (χ1n) is 6.53. The van der Waals surface area contributed by atoms with Gasteiger partial charge in [0.25, 0.3) is 0 Å². The van der Waals surface area contributed by atoms with Crippen molar-refractivity contribution in [3.63, 3.8) is 0 Å². The summed E-state index contributed by atoms with van der Waals surface area (Å²) in [4.78, 5) is 4.40. The highest BCUT2D eigenvalue weighted by Crippen LogP contribution is 2.33. The smallest absolute Gasteiger partial charge is 0.0541 e. The SMILES string of the molecule is Cc1ccc(CNCC2Cc3ccccc32)nc1. The second-order valence-corrected chi connectivity index (χ2v) is 5.06. The van der Waals surface area contributed by atoms with Crippen LogP contribution in [0.15, 0.2) is 42.6 Å². The number of aromatic nitrogens is 1. The monoisotopic (exact) mass is 238 g/mol. The fraction of sp³-hybridized carbons (Fsp3) is 0.312. The molecule has 0 bridgehead atoms. The zero-order valence-electron chi connectivity index (χ0n) is 10.7. The fourth-order valence-corrected chi connectivity index (χ4v) is 2.52. The maximum absolute atomic E-state index is 4.40. The molecule has 0 fully saturated rings. The maximum Gasteiger partial charge on any atom is 0.0541 e. The van der Waals surface area contributed by atoms with E-state index in [1.807, 2.05) is 6.20 Å². The van der Waals surface area contributed by atoms with E-state index in [-0.39, 0.29) is 0 Å². The number of fused-ring (bicyclic) bond motifs is 1. The highest BCUT2D eigenvalue weighted by molar-refractivity contribution is 5.40. The molecule has 0 amide bonds. The Morgan fingerprint density at radius 1 is 1.22 bits per heavy atom. The lowest BCUT2D eigenvalue weighted by Gasteiger charge is -2.30. The number of aryl methyl sites for hydroxylation is 1. The molecule has 1 N–H and O–H groups in total. The molecule has 1 aliphatic carbocycles. The van der Waals surface area contributed by atoms with Crippen molar-refractivity contribution in [1.29, 1.82) is 0 Å². The van der Waals surface area contributed by atoms with Crippen molar-refractivity contribution in [2.75, 3.05) is 6.54 Å². The van der Waals surface area contributed by atoms with Gasteiger partial charge in [-0.2, -0.15) is 0 Å². The number of hydrogen-bond donors (Lipinski definition) is 1. The van der Waals surface area contributed by atoms with Crippen molar-refractivity contribution in [1.82, 2.24) is 10.3 Å². The average molecular weight is 238 g/mol. The van der Waals surface area contributed by atoms with E-state index >= 15 is 0 Å². The molecule has 1 aliphatic rings. The summed E-state index contributed by atoms with van der Waals surface area (Å²) in [5.74, 6) is 0.687. The van der Waals surface area contributed by atoms with Crippen molar-refractivity contribution in [3.8, 4) is 0 Å². The van der Waals surface area contributed by atoms with Crippen LogP contribution in [0.25, 0.3) is 0 Å². The zero-order chi connectivity index (χ0) is 12.4. The molecule has 0 saturated carbocycles. The van der Waals surface area contributed by atoms with Gasteiger partial charge in [0.1, 0.15) is 0 Å². The number of rotatable bonds is 4. The summed E-state index contributed by atoms with van der Waals surface area (Å²) in [7, 11) is 0. The molecule has 0 saturated heterocycles. The quantitative estimate of drug-likeness (QED) is 0.886. The molecule has 1 unspecified atom stereocenters. The maximum atomic E-state index is 4.40. The summed E-state index contributed by atoms with van der Waals surface area (Å²) in [6.07, 6.45) is 3.14. The molecule has 0 aliphatic heterocycles. The molecule has 18 heavy (non-hydrogen) atoms. The van der Waals surface area contributed by atoms with Crippen LogP contribution < -0.4 is 5.32 Å². The van der Waals surface area contributed by atoms with Gasteiger partial charge >= 0.3 is 0 Å². The number of pyridine rings is 1. The molecule has 3 rings (SSSR count). The highest BCUT2D eigenvalue weighted by atomic mass is 14.9. The van der Waals surface area contributed by atoms with Crippen LogP contribution in [0.5, 0.6) is 0 Å². The zero-order valence-corrected chi connectivity index (χ0v) is 10.7. The molecule has 1 aromatic carbocycles. The molecule has 0 radical (unpaired) electrons. The first-order valence-corrected chi connectivity index (χ1v) is 6.53. The Morgan fingerprint density at radius 2 is 2.11 bits per heavy atom. The van der Waals surface area contributed by atoms with E-state index in [9.17, 15) is 0 Å². The molecule has 2 aromatic rings. The first kappa shape index (κ1) is 11.4. The van der Waals surface area contributed by atoms with Crippen molar-refractivity contribution in [3.05, 3.63) is 65.0 Å². The molecular weight excluding hydrogens is 220 g/mol. The Labute approximate surface area is 108 Å². The van der Waals surface area contributed by atoms with Crippen molar-refractivity contribution < 1.29 is 0 Å². The van der Waals surface area contributed by atoms with Gasteiger partial charge in [0.05, 0.1) is 5.69 Å². The summed E-state index contributed by atoms with van der Waals surface area (Å²) in [6.45, 7) is 3.97. The van der Waals surface area contributed by atoms with Gasteiger partial charge in [-0.3, -0.25) is 4.98 Å². The Morgan fingerprint density at radius 3 is 2.89 bits per heavy atom. The van der Waals surface area contributed by atoms with E-state index in [0.29, 0.717) is 5.92 Å². The minimum atomic E-state index is 0.687. The standard InChI is InChI=1S/C16H18N2/c1-12-6-7-15(18-9-12)11-17-10-14-8-13-4-2-3-5-16(13)14/h2-7,9,14,17H,8,10-11H2,1H3. The summed E-state index contributed by atoms with van der Waals surface area (Å²) >= 11 is 0. The normalized spacial score (nSPS) is 17.1. The lowest BCUT2D eigenvalue weighted by Crippen LogP contribution is -2.29. The lowest BCUT2D eigenvalue weighted by atomic mass is 9.77. The van der Waals surface area contributed by atoms with E-state index in [1.54, 1.807) is 0 Å². The Bertz CT molecular complexity index is 531. The van der Waals surface area contributed by atoms with E-state index in [4.69, 9.17) is 0 Å². The molecule has 92 valence electrons. The lowest BCUT2D eigenvalue weighted by molar-refractivity contribution is 0.532. The van der Waals surface area contributed by atoms with Crippen molar-refractivity contribution >= 4 is 0 Å². The van der Waals surface area contributed by atoms with Crippen molar-refractivity contribution in [2.45, 2.75) is 25.8 Å². The van der Waals surface area contributed by atoms with E-state index in [0.717, 1.165) is 18.8 Å². The largest absolute Gasteiger partial charge is 0.311 e. The van der Waals surface area contributed by atoms with E-state index in [2.05, 4.69) is 53.6 Å². The minimum Gasteiger partial charge on any atom is -0.311 e. The van der Waals surface area contributed by atoms with Gasteiger partial charge in [0.2, 0.25) is 0 Å². The van der Waals surface area contributed by atoms with Gasteiger partial charge < -0.3 is 5.32 Å².